The summed E-state index contributed by atoms with van der Waals surface area (Å²) in [5.74, 6) is 0.537. The van der Waals surface area contributed by atoms with Crippen LogP contribution in [-0.4, -0.2) is 52.1 Å². The second-order valence-electron chi connectivity index (χ2n) is 6.32. The van der Waals surface area contributed by atoms with E-state index in [1.165, 1.54) is 0 Å². The quantitative estimate of drug-likeness (QED) is 0.906. The zero-order chi connectivity index (χ0) is 16.4. The van der Waals surface area contributed by atoms with Crippen molar-refractivity contribution in [3.05, 3.63) is 30.0 Å². The van der Waals surface area contributed by atoms with E-state index in [4.69, 9.17) is 0 Å². The first-order valence-corrected chi connectivity index (χ1v) is 7.96. The topological polar surface area (TPSA) is 78.4 Å². The van der Waals surface area contributed by atoms with Crippen molar-refractivity contribution < 1.29 is 9.90 Å². The first kappa shape index (κ1) is 15.7. The van der Waals surface area contributed by atoms with E-state index in [0.717, 1.165) is 36.6 Å². The predicted octanol–water partition coefficient (Wildman–Crippen LogP) is 2.05. The highest BCUT2D eigenvalue weighted by atomic mass is 16.3. The van der Waals surface area contributed by atoms with E-state index in [1.807, 2.05) is 6.07 Å². The Morgan fingerprint density at radius 2 is 2.00 bits per heavy atom. The Bertz CT molecular complexity index is 709. The van der Waals surface area contributed by atoms with Gasteiger partial charge in [-0.15, -0.1) is 0 Å². The normalized spacial score (nSPS) is 21.2. The highest BCUT2D eigenvalue weighted by Gasteiger charge is 2.20. The zero-order valence-corrected chi connectivity index (χ0v) is 13.5. The Kier molecular flexibility index (Phi) is 4.43. The summed E-state index contributed by atoms with van der Waals surface area (Å²) < 4.78 is 0. The van der Waals surface area contributed by atoms with E-state index < -0.39 is 0 Å². The molecule has 3 rings (SSSR count). The number of nitrogens with zero attached hydrogens (tertiary/aromatic N) is 3. The third-order valence-electron chi connectivity index (χ3n) is 4.27. The number of aromatic nitrogens is 2. The number of aliphatic hydroxyl groups excluding tert-OH is 1. The van der Waals surface area contributed by atoms with Crippen LogP contribution in [-0.2, 0) is 0 Å². The predicted molar refractivity (Wildman–Crippen MR) is 89.4 cm³/mol. The monoisotopic (exact) mass is 314 g/mol. The van der Waals surface area contributed by atoms with Gasteiger partial charge in [-0.3, -0.25) is 4.79 Å². The molecule has 23 heavy (non-hydrogen) atoms. The van der Waals surface area contributed by atoms with Gasteiger partial charge in [-0.05, 0) is 37.8 Å². The molecule has 6 nitrogen and oxygen atoms in total. The van der Waals surface area contributed by atoms with E-state index >= 15 is 0 Å². The van der Waals surface area contributed by atoms with Crippen molar-refractivity contribution in [3.8, 4) is 0 Å². The molecule has 0 atom stereocenters. The fourth-order valence-corrected chi connectivity index (χ4v) is 2.89. The highest BCUT2D eigenvalue weighted by molar-refractivity contribution is 5.97. The minimum absolute atomic E-state index is 0.0405. The van der Waals surface area contributed by atoms with Gasteiger partial charge in [0.1, 0.15) is 0 Å². The first-order chi connectivity index (χ1) is 11.0. The fourth-order valence-electron chi connectivity index (χ4n) is 2.89. The van der Waals surface area contributed by atoms with Crippen LogP contribution in [0.3, 0.4) is 0 Å². The minimum atomic E-state index is -0.176. The number of carbonyl (C=O) groups is 1. The number of aliphatic hydroxyl groups is 1. The van der Waals surface area contributed by atoms with Crippen LogP contribution in [0.1, 0.15) is 36.0 Å². The number of hydrogen-bond donors (Lipinski definition) is 2. The molecule has 1 fully saturated rings. The van der Waals surface area contributed by atoms with Crippen molar-refractivity contribution in [2.45, 2.75) is 37.8 Å². The Hall–Kier alpha value is -2.21. The van der Waals surface area contributed by atoms with Gasteiger partial charge in [0.2, 0.25) is 5.95 Å². The lowest BCUT2D eigenvalue weighted by molar-refractivity contribution is 0.0827. The van der Waals surface area contributed by atoms with Gasteiger partial charge in [-0.1, -0.05) is 6.07 Å². The van der Waals surface area contributed by atoms with Crippen LogP contribution >= 0.6 is 0 Å². The molecule has 1 amide bonds. The van der Waals surface area contributed by atoms with Crippen LogP contribution in [0.5, 0.6) is 0 Å². The Labute approximate surface area is 135 Å². The average Bonchev–Trinajstić information content (AvgIpc) is 2.55. The molecule has 0 aliphatic heterocycles. The van der Waals surface area contributed by atoms with E-state index in [1.54, 1.807) is 37.3 Å². The molecular formula is C17H22N4O2. The molecule has 2 N–H and O–H groups in total. The van der Waals surface area contributed by atoms with Crippen molar-refractivity contribution in [2.24, 2.45) is 0 Å². The maximum absolute atomic E-state index is 12.1. The van der Waals surface area contributed by atoms with Crippen molar-refractivity contribution in [1.82, 2.24) is 14.9 Å². The number of nitrogens with one attached hydrogen (secondary N) is 1. The third-order valence-corrected chi connectivity index (χ3v) is 4.27. The maximum Gasteiger partial charge on any atom is 0.253 e. The molecule has 1 aliphatic carbocycles. The molecule has 0 saturated heterocycles. The van der Waals surface area contributed by atoms with Gasteiger partial charge in [-0.2, -0.15) is 0 Å². The van der Waals surface area contributed by atoms with Crippen LogP contribution in [0.2, 0.25) is 0 Å². The molecule has 122 valence electrons. The molecule has 1 aliphatic rings. The van der Waals surface area contributed by atoms with Gasteiger partial charge in [0.25, 0.3) is 5.91 Å². The van der Waals surface area contributed by atoms with Gasteiger partial charge in [0, 0.05) is 37.3 Å². The molecule has 0 spiro atoms. The molecule has 1 aromatic carbocycles. The molecule has 1 saturated carbocycles. The molecule has 6 heteroatoms. The van der Waals surface area contributed by atoms with Crippen LogP contribution in [0.4, 0.5) is 5.95 Å². The molecule has 0 radical (unpaired) electrons. The number of fused-ring (bicyclic) bond motifs is 1. The zero-order valence-electron chi connectivity index (χ0n) is 13.5. The number of hydrogen-bond acceptors (Lipinski definition) is 5. The van der Waals surface area contributed by atoms with Crippen LogP contribution in [0.15, 0.2) is 24.4 Å². The standard InChI is InChI=1S/C17H22N4O2/c1-21(2)16(23)11-3-4-12-10-18-17(20-15(12)9-11)19-13-5-7-14(22)8-6-13/h3-4,9-10,13-14,22H,5-8H2,1-2H3,(H,18,19,20). The SMILES string of the molecule is CN(C)C(=O)c1ccc2cnc(NC3CCC(O)CC3)nc2c1. The largest absolute Gasteiger partial charge is 0.393 e. The fraction of sp³-hybridized carbons (Fsp3) is 0.471. The maximum atomic E-state index is 12.1. The number of rotatable bonds is 3. The summed E-state index contributed by atoms with van der Waals surface area (Å²) in [5, 5.41) is 13.8. The van der Waals surface area contributed by atoms with Crippen LogP contribution in [0, 0.1) is 0 Å². The lowest BCUT2D eigenvalue weighted by Gasteiger charge is -2.26. The van der Waals surface area contributed by atoms with Gasteiger partial charge >= 0.3 is 0 Å². The van der Waals surface area contributed by atoms with Gasteiger partial charge in [-0.25, -0.2) is 9.97 Å². The number of amides is 1. The average molecular weight is 314 g/mol. The summed E-state index contributed by atoms with van der Waals surface area (Å²) in [6, 6.07) is 5.76. The minimum Gasteiger partial charge on any atom is -0.393 e. The second-order valence-corrected chi connectivity index (χ2v) is 6.32. The smallest absolute Gasteiger partial charge is 0.253 e. The van der Waals surface area contributed by atoms with Gasteiger partial charge < -0.3 is 15.3 Å². The van der Waals surface area contributed by atoms with Gasteiger partial charge in [0.15, 0.2) is 0 Å². The van der Waals surface area contributed by atoms with E-state index in [2.05, 4.69) is 15.3 Å². The molecule has 2 aromatic rings. The number of benzene rings is 1. The van der Waals surface area contributed by atoms with Crippen molar-refractivity contribution in [1.29, 1.82) is 0 Å². The lowest BCUT2D eigenvalue weighted by atomic mass is 9.93. The number of anilines is 1. The Morgan fingerprint density at radius 1 is 1.26 bits per heavy atom. The van der Waals surface area contributed by atoms with E-state index in [0.29, 0.717) is 17.6 Å². The Morgan fingerprint density at radius 3 is 2.70 bits per heavy atom. The summed E-state index contributed by atoms with van der Waals surface area (Å²) >= 11 is 0. The van der Waals surface area contributed by atoms with Crippen LogP contribution in [0.25, 0.3) is 10.9 Å². The summed E-state index contributed by atoms with van der Waals surface area (Å²) in [6.07, 6.45) is 5.06. The lowest BCUT2D eigenvalue weighted by Crippen LogP contribution is -2.28. The van der Waals surface area contributed by atoms with Crippen molar-refractivity contribution in [3.63, 3.8) is 0 Å². The van der Waals surface area contributed by atoms with E-state index in [-0.39, 0.29) is 12.0 Å². The van der Waals surface area contributed by atoms with Gasteiger partial charge in [0.05, 0.1) is 11.6 Å². The summed E-state index contributed by atoms with van der Waals surface area (Å²) in [7, 11) is 3.47. The second kappa shape index (κ2) is 6.50. The number of carbonyl (C=O) groups excluding carboxylic acids is 1. The van der Waals surface area contributed by atoms with E-state index in [9.17, 15) is 9.90 Å². The molecule has 1 aromatic heterocycles. The van der Waals surface area contributed by atoms with Crippen molar-refractivity contribution in [2.75, 3.05) is 19.4 Å². The van der Waals surface area contributed by atoms with Crippen molar-refractivity contribution >= 4 is 22.8 Å². The first-order valence-electron chi connectivity index (χ1n) is 7.96. The third kappa shape index (κ3) is 3.59. The molecule has 0 bridgehead atoms. The highest BCUT2D eigenvalue weighted by Crippen LogP contribution is 2.22. The molecule has 0 unspecified atom stereocenters. The molecule has 1 heterocycles. The molecular weight excluding hydrogens is 292 g/mol. The summed E-state index contributed by atoms with van der Waals surface area (Å²) in [4.78, 5) is 22.5. The summed E-state index contributed by atoms with van der Waals surface area (Å²) in [6.45, 7) is 0. The summed E-state index contributed by atoms with van der Waals surface area (Å²) in [5.41, 5.74) is 1.37. The Balaban J connectivity index is 1.81. The van der Waals surface area contributed by atoms with Crippen LogP contribution < -0.4 is 5.32 Å².